The van der Waals surface area contributed by atoms with Crippen LogP contribution in [0.25, 0.3) is 10.9 Å². The van der Waals surface area contributed by atoms with Crippen LogP contribution in [0.3, 0.4) is 0 Å². The lowest BCUT2D eigenvalue weighted by molar-refractivity contribution is -0.130. The number of aromatic amines is 1. The molecule has 2 saturated heterocycles. The minimum absolute atomic E-state index is 0.00373. The van der Waals surface area contributed by atoms with Gasteiger partial charge in [-0.1, -0.05) is 18.2 Å². The maximum absolute atomic E-state index is 12.8. The predicted molar refractivity (Wildman–Crippen MR) is 93.0 cm³/mol. The first-order valence-electron chi connectivity index (χ1n) is 8.88. The molecule has 2 aromatic rings. The molecule has 5 nitrogen and oxygen atoms in total. The molecule has 0 radical (unpaired) electrons. The van der Waals surface area contributed by atoms with Gasteiger partial charge in [-0.3, -0.25) is 14.0 Å². The van der Waals surface area contributed by atoms with Crippen molar-refractivity contribution in [3.05, 3.63) is 36.0 Å². The Labute approximate surface area is 145 Å². The molecule has 3 heterocycles. The van der Waals surface area contributed by atoms with Crippen LogP contribution in [0.15, 0.2) is 30.3 Å². The number of piperidine rings is 1. The van der Waals surface area contributed by atoms with Crippen molar-refractivity contribution in [3.8, 4) is 0 Å². The molecule has 2 fully saturated rings. The van der Waals surface area contributed by atoms with Crippen LogP contribution in [0.4, 0.5) is 4.39 Å². The van der Waals surface area contributed by atoms with Crippen molar-refractivity contribution in [1.29, 1.82) is 0 Å². The summed E-state index contributed by atoms with van der Waals surface area (Å²) in [6.07, 6.45) is 1.85. The molecule has 1 aromatic carbocycles. The van der Waals surface area contributed by atoms with Crippen molar-refractivity contribution in [3.63, 3.8) is 0 Å². The highest BCUT2D eigenvalue weighted by molar-refractivity contribution is 5.98. The summed E-state index contributed by atoms with van der Waals surface area (Å²) in [6.45, 7) is 1.35. The predicted octanol–water partition coefficient (Wildman–Crippen LogP) is 2.59. The minimum Gasteiger partial charge on any atom is -0.351 e. The van der Waals surface area contributed by atoms with Crippen molar-refractivity contribution in [1.82, 2.24) is 14.8 Å². The van der Waals surface area contributed by atoms with Gasteiger partial charge in [0.1, 0.15) is 5.69 Å². The van der Waals surface area contributed by atoms with E-state index in [-0.39, 0.29) is 23.8 Å². The highest BCUT2D eigenvalue weighted by Crippen LogP contribution is 2.26. The number of likely N-dealkylation sites (tertiary alicyclic amines) is 2. The fourth-order valence-electron chi connectivity index (χ4n) is 4.00. The van der Waals surface area contributed by atoms with Crippen LogP contribution in [0.5, 0.6) is 0 Å². The summed E-state index contributed by atoms with van der Waals surface area (Å²) in [5.74, 6) is -0.0920. The Hall–Kier alpha value is -2.37. The topological polar surface area (TPSA) is 56.4 Å². The van der Waals surface area contributed by atoms with E-state index in [2.05, 4.69) is 4.98 Å². The molecule has 0 saturated carbocycles. The van der Waals surface area contributed by atoms with Gasteiger partial charge in [0.2, 0.25) is 5.91 Å². The van der Waals surface area contributed by atoms with Crippen molar-refractivity contribution in [2.24, 2.45) is 5.92 Å². The summed E-state index contributed by atoms with van der Waals surface area (Å²) in [5.41, 5.74) is 1.56. The first-order valence-corrected chi connectivity index (χ1v) is 8.88. The fraction of sp³-hybridized carbons (Fsp3) is 0.474. The van der Waals surface area contributed by atoms with Crippen molar-refractivity contribution in [2.45, 2.75) is 25.3 Å². The van der Waals surface area contributed by atoms with Crippen LogP contribution >= 0.6 is 0 Å². The molecule has 0 bridgehead atoms. The highest BCUT2D eigenvalue weighted by Gasteiger charge is 2.36. The molecule has 4 rings (SSSR count). The van der Waals surface area contributed by atoms with E-state index in [4.69, 9.17) is 0 Å². The second-order valence-corrected chi connectivity index (χ2v) is 7.06. The number of halogens is 1. The number of nitrogens with zero attached hydrogens (tertiary/aromatic N) is 2. The van der Waals surface area contributed by atoms with Crippen LogP contribution in [0.2, 0.25) is 0 Å². The van der Waals surface area contributed by atoms with Crippen LogP contribution < -0.4 is 0 Å². The third-order valence-electron chi connectivity index (χ3n) is 5.41. The zero-order chi connectivity index (χ0) is 17.4. The summed E-state index contributed by atoms with van der Waals surface area (Å²) in [7, 11) is 0. The number of carbonyl (C=O) groups excluding carboxylic acids is 2. The molecular formula is C19H22FN3O2. The second-order valence-electron chi connectivity index (χ2n) is 7.06. The lowest BCUT2D eigenvalue weighted by atomic mass is 10.0. The Morgan fingerprint density at radius 1 is 1.24 bits per heavy atom. The molecule has 2 amide bonds. The number of nitrogens with one attached hydrogen (secondary N) is 1. The largest absolute Gasteiger partial charge is 0.351 e. The maximum Gasteiger partial charge on any atom is 0.270 e. The zero-order valence-electron chi connectivity index (χ0n) is 14.1. The van der Waals surface area contributed by atoms with Gasteiger partial charge >= 0.3 is 0 Å². The summed E-state index contributed by atoms with van der Waals surface area (Å²) in [6, 6.07) is 9.85. The van der Waals surface area contributed by atoms with Gasteiger partial charge in [-0.15, -0.1) is 0 Å². The molecular weight excluding hydrogens is 321 g/mol. The van der Waals surface area contributed by atoms with E-state index in [1.165, 1.54) is 0 Å². The number of amides is 2. The summed E-state index contributed by atoms with van der Waals surface area (Å²) < 4.78 is 12.8. The van der Waals surface area contributed by atoms with E-state index in [0.717, 1.165) is 23.7 Å². The smallest absolute Gasteiger partial charge is 0.270 e. The number of aromatic nitrogens is 1. The quantitative estimate of drug-likeness (QED) is 0.931. The number of para-hydroxylation sites is 1. The Kier molecular flexibility index (Phi) is 4.19. The van der Waals surface area contributed by atoms with Gasteiger partial charge in [0, 0.05) is 48.9 Å². The molecule has 1 aromatic heterocycles. The lowest BCUT2D eigenvalue weighted by Crippen LogP contribution is -2.47. The van der Waals surface area contributed by atoms with Crippen LogP contribution in [0.1, 0.15) is 29.8 Å². The van der Waals surface area contributed by atoms with E-state index in [1.54, 1.807) is 0 Å². The third-order valence-corrected chi connectivity index (χ3v) is 5.41. The van der Waals surface area contributed by atoms with E-state index in [1.807, 2.05) is 40.1 Å². The van der Waals surface area contributed by atoms with Gasteiger partial charge < -0.3 is 14.8 Å². The number of hydrogen-bond donors (Lipinski definition) is 1. The normalized spacial score (nSPS) is 22.1. The molecule has 1 atom stereocenters. The number of rotatable bonds is 3. The Balaban J connectivity index is 1.40. The lowest BCUT2D eigenvalue weighted by Gasteiger charge is -2.36. The van der Waals surface area contributed by atoms with Crippen molar-refractivity contribution >= 4 is 22.7 Å². The van der Waals surface area contributed by atoms with Gasteiger partial charge in [0.05, 0.1) is 6.67 Å². The third kappa shape index (κ3) is 3.01. The number of carbonyl (C=O) groups is 2. The molecule has 25 heavy (non-hydrogen) atoms. The van der Waals surface area contributed by atoms with Gasteiger partial charge in [-0.2, -0.15) is 0 Å². The van der Waals surface area contributed by atoms with Gasteiger partial charge in [0.15, 0.2) is 0 Å². The summed E-state index contributed by atoms with van der Waals surface area (Å²) in [5, 5.41) is 1.03. The van der Waals surface area contributed by atoms with Gasteiger partial charge in [-0.25, -0.2) is 0 Å². The number of H-pyrrole nitrogens is 1. The van der Waals surface area contributed by atoms with Crippen LogP contribution in [0, 0.1) is 5.92 Å². The first kappa shape index (κ1) is 16.1. The van der Waals surface area contributed by atoms with E-state index in [9.17, 15) is 14.0 Å². The zero-order valence-corrected chi connectivity index (χ0v) is 14.1. The molecule has 132 valence electrons. The van der Waals surface area contributed by atoms with E-state index >= 15 is 0 Å². The van der Waals surface area contributed by atoms with Crippen LogP contribution in [-0.4, -0.2) is 58.9 Å². The maximum atomic E-state index is 12.8. The minimum atomic E-state index is -0.431. The van der Waals surface area contributed by atoms with Crippen LogP contribution in [-0.2, 0) is 4.79 Å². The highest BCUT2D eigenvalue weighted by atomic mass is 19.1. The molecule has 2 aliphatic heterocycles. The number of benzene rings is 1. The first-order chi connectivity index (χ1) is 12.2. The standard InChI is InChI=1S/C19H22FN3O2/c20-11-13-9-18(24)23(12-13)15-5-7-22(8-6-15)19(25)17-10-14-3-1-2-4-16(14)21-17/h1-4,10,13,15,21H,5-9,11-12H2. The van der Waals surface area contributed by atoms with E-state index in [0.29, 0.717) is 31.7 Å². The molecule has 1 unspecified atom stereocenters. The van der Waals surface area contributed by atoms with Crippen molar-refractivity contribution in [2.75, 3.05) is 26.3 Å². The Bertz CT molecular complexity index is 762. The van der Waals surface area contributed by atoms with Crippen molar-refractivity contribution < 1.29 is 14.0 Å². The summed E-state index contributed by atoms with van der Waals surface area (Å²) >= 11 is 0. The Morgan fingerprint density at radius 2 is 2.00 bits per heavy atom. The average Bonchev–Trinajstić information content (AvgIpc) is 3.24. The number of fused-ring (bicyclic) bond motifs is 1. The van der Waals surface area contributed by atoms with Gasteiger partial charge in [0.25, 0.3) is 5.91 Å². The molecule has 0 aliphatic carbocycles. The fourth-order valence-corrected chi connectivity index (χ4v) is 4.00. The molecule has 1 N–H and O–H groups in total. The van der Waals surface area contributed by atoms with E-state index < -0.39 is 6.67 Å². The molecule has 0 spiro atoms. The SMILES string of the molecule is O=C(c1cc2ccccc2[nH]1)N1CCC(N2CC(CF)CC2=O)CC1. The Morgan fingerprint density at radius 3 is 2.68 bits per heavy atom. The second kappa shape index (κ2) is 6.50. The number of alkyl halides is 1. The average molecular weight is 343 g/mol. The number of hydrogen-bond acceptors (Lipinski definition) is 2. The molecule has 6 heteroatoms. The monoisotopic (exact) mass is 343 g/mol. The van der Waals surface area contributed by atoms with Gasteiger partial charge in [-0.05, 0) is 25.0 Å². The molecule has 2 aliphatic rings. The summed E-state index contributed by atoms with van der Waals surface area (Å²) in [4.78, 5) is 31.6.